The summed E-state index contributed by atoms with van der Waals surface area (Å²) in [7, 11) is 0. The van der Waals surface area contributed by atoms with Crippen LogP contribution in [0.4, 0.5) is 0 Å². The van der Waals surface area contributed by atoms with Gasteiger partial charge in [-0.2, -0.15) is 0 Å². The predicted octanol–water partition coefficient (Wildman–Crippen LogP) is 3.38. The summed E-state index contributed by atoms with van der Waals surface area (Å²) in [6.45, 7) is 2.10. The summed E-state index contributed by atoms with van der Waals surface area (Å²) in [6, 6.07) is 15.3. The summed E-state index contributed by atoms with van der Waals surface area (Å²) < 4.78 is 5.78. The summed E-state index contributed by atoms with van der Waals surface area (Å²) in [4.78, 5) is 0. The van der Waals surface area contributed by atoms with Crippen LogP contribution in [-0.2, 0) is 6.61 Å². The molecule has 0 saturated carbocycles. The average molecular weight is 257 g/mol. The minimum absolute atomic E-state index is 0.0420. The van der Waals surface area contributed by atoms with Crippen molar-refractivity contribution in [1.29, 1.82) is 0 Å². The van der Waals surface area contributed by atoms with Crippen molar-refractivity contribution in [3.8, 4) is 11.5 Å². The van der Waals surface area contributed by atoms with Crippen LogP contribution < -0.4 is 10.5 Å². The first-order valence-corrected chi connectivity index (χ1v) is 6.46. The fourth-order valence-electron chi connectivity index (χ4n) is 1.84. The van der Waals surface area contributed by atoms with E-state index in [0.717, 1.165) is 29.0 Å². The third-order valence-corrected chi connectivity index (χ3v) is 3.07. The normalized spacial score (nSPS) is 12.2. The molecule has 0 aliphatic rings. The van der Waals surface area contributed by atoms with Gasteiger partial charge < -0.3 is 15.6 Å². The van der Waals surface area contributed by atoms with Gasteiger partial charge in [-0.05, 0) is 41.8 Å². The van der Waals surface area contributed by atoms with Crippen LogP contribution in [0.5, 0.6) is 11.5 Å². The Morgan fingerprint density at radius 1 is 1.11 bits per heavy atom. The predicted molar refractivity (Wildman–Crippen MR) is 76.1 cm³/mol. The Labute approximate surface area is 113 Å². The quantitative estimate of drug-likeness (QED) is 0.863. The lowest BCUT2D eigenvalue weighted by molar-refractivity contribution is 0.281. The number of aliphatic hydroxyl groups excluding tert-OH is 1. The number of ether oxygens (including phenoxy) is 1. The summed E-state index contributed by atoms with van der Waals surface area (Å²) in [5, 5.41) is 8.99. The topological polar surface area (TPSA) is 55.5 Å². The van der Waals surface area contributed by atoms with Gasteiger partial charge in [0.2, 0.25) is 0 Å². The van der Waals surface area contributed by atoms with E-state index in [1.807, 2.05) is 48.5 Å². The number of hydrogen-bond acceptors (Lipinski definition) is 3. The van der Waals surface area contributed by atoms with Gasteiger partial charge >= 0.3 is 0 Å². The summed E-state index contributed by atoms with van der Waals surface area (Å²) in [6.07, 6.45) is 0.897. The van der Waals surface area contributed by atoms with E-state index in [0.29, 0.717) is 0 Å². The van der Waals surface area contributed by atoms with Gasteiger partial charge in [-0.1, -0.05) is 31.2 Å². The Bertz CT molecular complexity index is 523. The number of rotatable bonds is 5. The van der Waals surface area contributed by atoms with Gasteiger partial charge in [0.1, 0.15) is 11.5 Å². The molecule has 3 nitrogen and oxygen atoms in total. The van der Waals surface area contributed by atoms with Crippen molar-refractivity contribution in [1.82, 2.24) is 0 Å². The number of nitrogens with two attached hydrogens (primary N) is 1. The molecular weight excluding hydrogens is 238 g/mol. The Balaban J connectivity index is 2.13. The molecule has 3 N–H and O–H groups in total. The first kappa shape index (κ1) is 13.6. The van der Waals surface area contributed by atoms with Crippen LogP contribution >= 0.6 is 0 Å². The van der Waals surface area contributed by atoms with Crippen LogP contribution in [0.15, 0.2) is 48.5 Å². The highest BCUT2D eigenvalue weighted by atomic mass is 16.5. The highest BCUT2D eigenvalue weighted by molar-refractivity contribution is 5.36. The highest BCUT2D eigenvalue weighted by Gasteiger charge is 2.05. The van der Waals surface area contributed by atoms with Crippen molar-refractivity contribution in [2.45, 2.75) is 26.0 Å². The van der Waals surface area contributed by atoms with E-state index in [4.69, 9.17) is 15.6 Å². The van der Waals surface area contributed by atoms with Gasteiger partial charge in [-0.25, -0.2) is 0 Å². The zero-order valence-corrected chi connectivity index (χ0v) is 11.0. The molecule has 0 saturated heterocycles. The molecule has 100 valence electrons. The minimum atomic E-state index is 0.0420. The lowest BCUT2D eigenvalue weighted by atomic mass is 10.1. The molecule has 0 spiro atoms. The third-order valence-electron chi connectivity index (χ3n) is 3.07. The third kappa shape index (κ3) is 3.56. The second-order valence-electron chi connectivity index (χ2n) is 4.49. The minimum Gasteiger partial charge on any atom is -0.457 e. The lowest BCUT2D eigenvalue weighted by Gasteiger charge is -2.11. The van der Waals surface area contributed by atoms with Crippen LogP contribution in [0.2, 0.25) is 0 Å². The second-order valence-corrected chi connectivity index (χ2v) is 4.49. The van der Waals surface area contributed by atoms with Crippen LogP contribution in [0.25, 0.3) is 0 Å². The first-order chi connectivity index (χ1) is 9.22. The molecule has 2 rings (SSSR count). The van der Waals surface area contributed by atoms with E-state index < -0.39 is 0 Å². The molecule has 19 heavy (non-hydrogen) atoms. The van der Waals surface area contributed by atoms with E-state index in [2.05, 4.69) is 6.92 Å². The highest BCUT2D eigenvalue weighted by Crippen LogP contribution is 2.25. The van der Waals surface area contributed by atoms with Crippen molar-refractivity contribution in [3.63, 3.8) is 0 Å². The molecule has 0 aliphatic heterocycles. The van der Waals surface area contributed by atoms with Crippen molar-refractivity contribution in [2.24, 2.45) is 5.73 Å². The zero-order valence-electron chi connectivity index (χ0n) is 11.0. The fraction of sp³-hybridized carbons (Fsp3) is 0.250. The molecule has 0 radical (unpaired) electrons. The molecular formula is C16H19NO2. The molecule has 2 aromatic rings. The molecule has 0 bridgehead atoms. The number of hydrogen-bond donors (Lipinski definition) is 2. The van der Waals surface area contributed by atoms with Crippen molar-refractivity contribution >= 4 is 0 Å². The molecule has 1 unspecified atom stereocenters. The summed E-state index contributed by atoms with van der Waals surface area (Å²) in [5.41, 5.74) is 7.96. The van der Waals surface area contributed by atoms with Crippen LogP contribution in [0, 0.1) is 0 Å². The van der Waals surface area contributed by atoms with E-state index in [-0.39, 0.29) is 12.6 Å². The summed E-state index contributed by atoms with van der Waals surface area (Å²) in [5.74, 6) is 1.53. The SMILES string of the molecule is CCC(N)c1cccc(Oc2ccc(CO)cc2)c1. The zero-order chi connectivity index (χ0) is 13.7. The van der Waals surface area contributed by atoms with Gasteiger partial charge in [0.15, 0.2) is 0 Å². The maximum Gasteiger partial charge on any atom is 0.127 e. The molecule has 0 aliphatic carbocycles. The van der Waals surface area contributed by atoms with Gasteiger partial charge in [-0.15, -0.1) is 0 Å². The number of benzene rings is 2. The molecule has 0 aromatic heterocycles. The largest absolute Gasteiger partial charge is 0.457 e. The van der Waals surface area contributed by atoms with E-state index in [9.17, 15) is 0 Å². The summed E-state index contributed by atoms with van der Waals surface area (Å²) >= 11 is 0. The van der Waals surface area contributed by atoms with Crippen LogP contribution in [-0.4, -0.2) is 5.11 Å². The Kier molecular flexibility index (Phi) is 4.55. The molecule has 0 amide bonds. The lowest BCUT2D eigenvalue weighted by Crippen LogP contribution is -2.08. The van der Waals surface area contributed by atoms with Gasteiger partial charge in [0, 0.05) is 6.04 Å². The molecule has 0 heterocycles. The van der Waals surface area contributed by atoms with Crippen molar-refractivity contribution < 1.29 is 9.84 Å². The van der Waals surface area contributed by atoms with Gasteiger partial charge in [0.25, 0.3) is 0 Å². The maximum atomic E-state index is 8.99. The standard InChI is InChI=1S/C16H19NO2/c1-2-16(17)13-4-3-5-15(10-13)19-14-8-6-12(11-18)7-9-14/h3-10,16,18H,2,11,17H2,1H3. The first-order valence-electron chi connectivity index (χ1n) is 6.46. The molecule has 1 atom stereocenters. The van der Waals surface area contributed by atoms with Crippen molar-refractivity contribution in [3.05, 3.63) is 59.7 Å². The van der Waals surface area contributed by atoms with Gasteiger partial charge in [-0.3, -0.25) is 0 Å². The van der Waals surface area contributed by atoms with Crippen LogP contribution in [0.3, 0.4) is 0 Å². The maximum absolute atomic E-state index is 8.99. The Morgan fingerprint density at radius 2 is 1.84 bits per heavy atom. The molecule has 0 fully saturated rings. The van der Waals surface area contributed by atoms with Crippen molar-refractivity contribution in [2.75, 3.05) is 0 Å². The van der Waals surface area contributed by atoms with E-state index >= 15 is 0 Å². The van der Waals surface area contributed by atoms with Crippen LogP contribution in [0.1, 0.15) is 30.5 Å². The molecule has 3 heteroatoms. The van der Waals surface area contributed by atoms with E-state index in [1.165, 1.54) is 0 Å². The Morgan fingerprint density at radius 3 is 2.47 bits per heavy atom. The van der Waals surface area contributed by atoms with E-state index in [1.54, 1.807) is 0 Å². The second kappa shape index (κ2) is 6.36. The monoisotopic (exact) mass is 257 g/mol. The Hall–Kier alpha value is -1.84. The van der Waals surface area contributed by atoms with Gasteiger partial charge in [0.05, 0.1) is 6.61 Å². The average Bonchev–Trinajstić information content (AvgIpc) is 2.47. The number of aliphatic hydroxyl groups is 1. The molecule has 2 aromatic carbocycles. The smallest absolute Gasteiger partial charge is 0.127 e. The fourth-order valence-corrected chi connectivity index (χ4v) is 1.84.